The molecule has 0 radical (unpaired) electrons. The number of sulfonamides is 1. The van der Waals surface area contributed by atoms with E-state index in [2.05, 4.69) is 5.32 Å². The third kappa shape index (κ3) is 7.74. The molecule has 3 aromatic rings. The maximum atomic E-state index is 14.1. The molecule has 0 aromatic heterocycles. The minimum absolute atomic E-state index is 0.00491. The molecule has 1 aliphatic carbocycles. The van der Waals surface area contributed by atoms with E-state index < -0.39 is 28.5 Å². The van der Waals surface area contributed by atoms with Crippen molar-refractivity contribution in [1.29, 1.82) is 0 Å². The van der Waals surface area contributed by atoms with Gasteiger partial charge in [-0.1, -0.05) is 78.8 Å². The van der Waals surface area contributed by atoms with Gasteiger partial charge >= 0.3 is 0 Å². The quantitative estimate of drug-likeness (QED) is 0.254. The largest absolute Gasteiger partial charge is 0.352 e. The highest BCUT2D eigenvalue weighted by Crippen LogP contribution is 2.27. The van der Waals surface area contributed by atoms with E-state index >= 15 is 0 Å². The average Bonchev–Trinajstić information content (AvgIpc) is 3.46. The van der Waals surface area contributed by atoms with E-state index in [1.165, 1.54) is 29.2 Å². The van der Waals surface area contributed by atoms with Gasteiger partial charge in [-0.2, -0.15) is 0 Å². The minimum atomic E-state index is -4.17. The number of para-hydroxylation sites is 1. The number of benzene rings is 3. The lowest BCUT2D eigenvalue weighted by Gasteiger charge is -2.34. The first-order chi connectivity index (χ1) is 19.6. The highest BCUT2D eigenvalue weighted by Gasteiger charge is 2.34. The summed E-state index contributed by atoms with van der Waals surface area (Å²) in [5.41, 5.74) is 0.895. The van der Waals surface area contributed by atoms with Crippen LogP contribution in [-0.4, -0.2) is 43.8 Å². The number of nitrogens with zero attached hydrogens (tertiary/aromatic N) is 2. The van der Waals surface area contributed by atoms with E-state index in [1.807, 2.05) is 6.92 Å². The number of amides is 2. The van der Waals surface area contributed by atoms with Crippen molar-refractivity contribution in [2.24, 2.45) is 0 Å². The van der Waals surface area contributed by atoms with Crippen LogP contribution in [0.3, 0.4) is 0 Å². The van der Waals surface area contributed by atoms with Gasteiger partial charge in [-0.15, -0.1) is 0 Å². The van der Waals surface area contributed by atoms with Crippen LogP contribution in [0, 0.1) is 0 Å². The monoisotopic (exact) mass is 635 g/mol. The van der Waals surface area contributed by atoms with Crippen molar-refractivity contribution in [3.05, 3.63) is 93.4 Å². The Balaban J connectivity index is 1.71. The molecule has 0 spiro atoms. The number of carbonyl (C=O) groups is 2. The van der Waals surface area contributed by atoms with E-state index in [0.717, 1.165) is 30.0 Å². The number of hydrogen-bond acceptors (Lipinski definition) is 4. The van der Waals surface area contributed by atoms with Crippen LogP contribution >= 0.6 is 34.8 Å². The van der Waals surface area contributed by atoms with Crippen LogP contribution in [0.25, 0.3) is 0 Å². The van der Waals surface area contributed by atoms with Crippen LogP contribution < -0.4 is 9.62 Å². The number of hydrogen-bond donors (Lipinski definition) is 1. The lowest BCUT2D eigenvalue weighted by Crippen LogP contribution is -2.53. The van der Waals surface area contributed by atoms with Gasteiger partial charge in [-0.25, -0.2) is 8.42 Å². The van der Waals surface area contributed by atoms with Gasteiger partial charge in [-0.05, 0) is 73.4 Å². The molecule has 3 aromatic carbocycles. The third-order valence-electron chi connectivity index (χ3n) is 7.17. The molecule has 0 bridgehead atoms. The molecule has 11 heteroatoms. The Morgan fingerprint density at radius 2 is 1.56 bits per heavy atom. The van der Waals surface area contributed by atoms with Crippen molar-refractivity contribution < 1.29 is 18.0 Å². The van der Waals surface area contributed by atoms with Crippen LogP contribution in [0.2, 0.25) is 15.1 Å². The topological polar surface area (TPSA) is 86.8 Å². The van der Waals surface area contributed by atoms with Crippen LogP contribution in [0.15, 0.2) is 77.7 Å². The Labute approximate surface area is 256 Å². The van der Waals surface area contributed by atoms with E-state index in [1.54, 1.807) is 48.5 Å². The van der Waals surface area contributed by atoms with Crippen molar-refractivity contribution >= 4 is 62.3 Å². The molecular weight excluding hydrogens is 605 g/mol. The molecule has 1 unspecified atom stereocenters. The van der Waals surface area contributed by atoms with Gasteiger partial charge in [-0.3, -0.25) is 13.9 Å². The van der Waals surface area contributed by atoms with E-state index in [9.17, 15) is 18.0 Å². The number of halogens is 3. The zero-order valence-corrected chi connectivity index (χ0v) is 25.7. The average molecular weight is 637 g/mol. The zero-order valence-electron chi connectivity index (χ0n) is 22.6. The van der Waals surface area contributed by atoms with Crippen molar-refractivity contribution in [2.45, 2.75) is 62.6 Å². The molecule has 218 valence electrons. The summed E-state index contributed by atoms with van der Waals surface area (Å²) in [6.07, 6.45) is 4.18. The van der Waals surface area contributed by atoms with Gasteiger partial charge in [0.05, 0.1) is 10.6 Å². The lowest BCUT2D eigenvalue weighted by atomic mass is 10.1. The maximum absolute atomic E-state index is 14.1. The standard InChI is InChI=1S/C30H32Cl3N3O4S/c1-2-28(30(38)34-24-8-6-7-9-24)35(19-21-12-13-23(32)18-27(21)33)29(37)20-36(25-10-4-3-5-11-25)41(39,40)26-16-14-22(31)15-17-26/h3-5,10-18,24,28H,2,6-9,19-20H2,1H3,(H,34,38). The zero-order chi connectivity index (χ0) is 29.6. The van der Waals surface area contributed by atoms with Crippen LogP contribution in [-0.2, 0) is 26.2 Å². The molecule has 0 heterocycles. The summed E-state index contributed by atoms with van der Waals surface area (Å²) in [5, 5.41) is 4.26. The summed E-state index contributed by atoms with van der Waals surface area (Å²) < 4.78 is 28.8. The van der Waals surface area contributed by atoms with Gasteiger partial charge in [0.25, 0.3) is 10.0 Å². The molecule has 1 aliphatic rings. The van der Waals surface area contributed by atoms with Gasteiger partial charge in [0.15, 0.2) is 0 Å². The van der Waals surface area contributed by atoms with E-state index in [0.29, 0.717) is 32.7 Å². The Bertz CT molecular complexity index is 1460. The van der Waals surface area contributed by atoms with Crippen molar-refractivity contribution in [2.75, 3.05) is 10.8 Å². The fourth-order valence-corrected chi connectivity index (χ4v) is 6.99. The Morgan fingerprint density at radius 1 is 0.927 bits per heavy atom. The fraction of sp³-hybridized carbons (Fsp3) is 0.333. The summed E-state index contributed by atoms with van der Waals surface area (Å²) in [6, 6.07) is 18.3. The Hall–Kier alpha value is -2.78. The summed E-state index contributed by atoms with van der Waals surface area (Å²) >= 11 is 18.6. The van der Waals surface area contributed by atoms with Gasteiger partial charge < -0.3 is 10.2 Å². The molecule has 1 atom stereocenters. The first-order valence-corrected chi connectivity index (χ1v) is 16.0. The van der Waals surface area contributed by atoms with E-state index in [4.69, 9.17) is 34.8 Å². The second-order valence-electron chi connectivity index (χ2n) is 9.97. The molecule has 2 amide bonds. The van der Waals surface area contributed by atoms with Crippen LogP contribution in [0.4, 0.5) is 5.69 Å². The molecule has 1 fully saturated rings. The number of carbonyl (C=O) groups excluding carboxylic acids is 2. The van der Waals surface area contributed by atoms with Crippen LogP contribution in [0.1, 0.15) is 44.6 Å². The van der Waals surface area contributed by atoms with Gasteiger partial charge in [0.2, 0.25) is 11.8 Å². The Morgan fingerprint density at radius 3 is 2.17 bits per heavy atom. The minimum Gasteiger partial charge on any atom is -0.352 e. The Kier molecular flexibility index (Phi) is 10.6. The first-order valence-electron chi connectivity index (χ1n) is 13.5. The van der Waals surface area contributed by atoms with E-state index in [-0.39, 0.29) is 23.4 Å². The molecule has 0 aliphatic heterocycles. The summed E-state index contributed by atoms with van der Waals surface area (Å²) in [4.78, 5) is 29.0. The summed E-state index contributed by atoms with van der Waals surface area (Å²) in [5.74, 6) is -0.824. The summed E-state index contributed by atoms with van der Waals surface area (Å²) in [7, 11) is -4.17. The normalized spacial score (nSPS) is 14.4. The van der Waals surface area contributed by atoms with Gasteiger partial charge in [0.1, 0.15) is 12.6 Å². The second-order valence-corrected chi connectivity index (χ2v) is 13.1. The molecular formula is C30H32Cl3N3O4S. The molecule has 1 saturated carbocycles. The highest BCUT2D eigenvalue weighted by atomic mass is 35.5. The SMILES string of the molecule is CCC(C(=O)NC1CCCC1)N(Cc1ccc(Cl)cc1Cl)C(=O)CN(c1ccccc1)S(=O)(=O)c1ccc(Cl)cc1. The fourth-order valence-electron chi connectivity index (χ4n) is 4.98. The molecule has 7 nitrogen and oxygen atoms in total. The van der Waals surface area contributed by atoms with Crippen molar-refractivity contribution in [1.82, 2.24) is 10.2 Å². The van der Waals surface area contributed by atoms with Crippen molar-refractivity contribution in [3.63, 3.8) is 0 Å². The molecule has 4 rings (SSSR count). The van der Waals surface area contributed by atoms with Crippen molar-refractivity contribution in [3.8, 4) is 0 Å². The molecule has 1 N–H and O–H groups in total. The number of anilines is 1. The molecule has 41 heavy (non-hydrogen) atoms. The van der Waals surface area contributed by atoms with Gasteiger partial charge in [0, 0.05) is 27.7 Å². The highest BCUT2D eigenvalue weighted by molar-refractivity contribution is 7.92. The number of rotatable bonds is 11. The first kappa shape index (κ1) is 31.2. The molecule has 0 saturated heterocycles. The van der Waals surface area contributed by atoms with Crippen LogP contribution in [0.5, 0.6) is 0 Å². The second kappa shape index (κ2) is 13.9. The predicted molar refractivity (Wildman–Crippen MR) is 164 cm³/mol. The lowest BCUT2D eigenvalue weighted by molar-refractivity contribution is -0.140. The smallest absolute Gasteiger partial charge is 0.264 e. The maximum Gasteiger partial charge on any atom is 0.264 e. The predicted octanol–water partition coefficient (Wildman–Crippen LogP) is 6.71. The summed E-state index contributed by atoms with van der Waals surface area (Å²) in [6.45, 7) is 1.28. The third-order valence-corrected chi connectivity index (χ3v) is 9.79. The number of nitrogens with one attached hydrogen (secondary N) is 1.